The number of rotatable bonds is 7. The van der Waals surface area contributed by atoms with Crippen LogP contribution in [0.4, 0.5) is 0 Å². The maximum absolute atomic E-state index is 12.7. The van der Waals surface area contributed by atoms with Crippen LogP contribution in [0.25, 0.3) is 11.4 Å². The Kier molecular flexibility index (Phi) is 6.04. The van der Waals surface area contributed by atoms with Crippen molar-refractivity contribution in [1.82, 2.24) is 16.0 Å². The van der Waals surface area contributed by atoms with E-state index in [4.69, 9.17) is 11.1 Å². The van der Waals surface area contributed by atoms with Crippen LogP contribution in [0.5, 0.6) is 0 Å². The van der Waals surface area contributed by atoms with Gasteiger partial charge in [0.1, 0.15) is 0 Å². The van der Waals surface area contributed by atoms with Crippen LogP contribution in [0.3, 0.4) is 0 Å². The number of amides is 3. The van der Waals surface area contributed by atoms with Crippen LogP contribution in [0, 0.1) is 5.41 Å². The highest BCUT2D eigenvalue weighted by molar-refractivity contribution is 8.13. The van der Waals surface area contributed by atoms with Crippen molar-refractivity contribution in [3.8, 4) is 0 Å². The van der Waals surface area contributed by atoms with Gasteiger partial charge < -0.3 is 21.7 Å². The first-order chi connectivity index (χ1) is 15.4. The molecule has 2 aromatic rings. The first-order valence-electron chi connectivity index (χ1n) is 9.84. The number of hydrogen-bond acceptors (Lipinski definition) is 5. The SMILES string of the molecule is N=C(N)SCCNC(=O)C[n+]1ccc(C2=C3C(=O)NC(c4ccccc4)=C3C(=O)N2)cc1. The minimum atomic E-state index is -0.327. The summed E-state index contributed by atoms with van der Waals surface area (Å²) in [4.78, 5) is 37.4. The summed E-state index contributed by atoms with van der Waals surface area (Å²) in [5.74, 6) is -0.293. The topological polar surface area (TPSA) is 141 Å². The second-order valence-electron chi connectivity index (χ2n) is 7.10. The first-order valence-corrected chi connectivity index (χ1v) is 10.8. The minimum absolute atomic E-state index is 0.0171. The van der Waals surface area contributed by atoms with Crippen molar-refractivity contribution < 1.29 is 19.0 Å². The van der Waals surface area contributed by atoms with Gasteiger partial charge in [0.2, 0.25) is 6.54 Å². The lowest BCUT2D eigenvalue weighted by atomic mass is 10.0. The monoisotopic (exact) mass is 449 g/mol. The number of amidine groups is 1. The fraction of sp³-hybridized carbons (Fsp3) is 0.136. The van der Waals surface area contributed by atoms with Gasteiger partial charge in [-0.25, -0.2) is 0 Å². The molecule has 0 fully saturated rings. The summed E-state index contributed by atoms with van der Waals surface area (Å²) in [6.07, 6.45) is 3.43. The summed E-state index contributed by atoms with van der Waals surface area (Å²) >= 11 is 1.17. The molecule has 10 heteroatoms. The summed E-state index contributed by atoms with van der Waals surface area (Å²) in [6.45, 7) is 0.533. The van der Waals surface area contributed by atoms with Crippen LogP contribution in [0.15, 0.2) is 66.0 Å². The fourth-order valence-electron chi connectivity index (χ4n) is 3.52. The lowest BCUT2D eigenvalue weighted by Gasteiger charge is -2.07. The van der Waals surface area contributed by atoms with Gasteiger partial charge in [-0.2, -0.15) is 4.57 Å². The van der Waals surface area contributed by atoms with Crippen molar-refractivity contribution in [2.24, 2.45) is 5.73 Å². The van der Waals surface area contributed by atoms with Gasteiger partial charge >= 0.3 is 0 Å². The van der Waals surface area contributed by atoms with Crippen LogP contribution in [-0.4, -0.2) is 35.2 Å². The standard InChI is InChI=1S/C22H20N6O3S/c23-22(24)32-11-8-25-15(29)12-28-9-6-14(7-10-28)19-17-16(20(30)27-19)18(26-21(17)31)13-4-2-1-3-5-13/h1-7,9-10H,8,11-12H2,(H5,23,24,25,27,29,30)/p+1. The average molecular weight is 450 g/mol. The van der Waals surface area contributed by atoms with Gasteiger partial charge in [0, 0.05) is 30.0 Å². The number of hydrogen-bond donors (Lipinski definition) is 5. The zero-order valence-corrected chi connectivity index (χ0v) is 17.8. The molecule has 1 aromatic carbocycles. The van der Waals surface area contributed by atoms with Crippen molar-refractivity contribution in [3.05, 3.63) is 77.1 Å². The number of pyridine rings is 1. The third-order valence-electron chi connectivity index (χ3n) is 4.93. The maximum atomic E-state index is 12.7. The Balaban J connectivity index is 1.50. The third-order valence-corrected chi connectivity index (χ3v) is 5.65. The molecule has 162 valence electrons. The Labute approximate surface area is 188 Å². The molecule has 2 aliphatic rings. The average Bonchev–Trinajstić information content (AvgIpc) is 3.31. The molecule has 3 heterocycles. The summed E-state index contributed by atoms with van der Waals surface area (Å²) in [6, 6.07) is 12.7. The molecule has 0 bridgehead atoms. The number of aromatic nitrogens is 1. The summed E-state index contributed by atoms with van der Waals surface area (Å²) < 4.78 is 1.69. The molecule has 0 radical (unpaired) electrons. The summed E-state index contributed by atoms with van der Waals surface area (Å²) in [5, 5.41) is 15.5. The zero-order chi connectivity index (χ0) is 22.7. The molecule has 0 atom stereocenters. The fourth-order valence-corrected chi connectivity index (χ4v) is 3.95. The van der Waals surface area contributed by atoms with Gasteiger partial charge in [0.15, 0.2) is 17.6 Å². The quantitative estimate of drug-likeness (QED) is 0.176. The zero-order valence-electron chi connectivity index (χ0n) is 17.0. The molecule has 0 unspecified atom stereocenters. The number of nitrogens with two attached hydrogens (primary N) is 1. The van der Waals surface area contributed by atoms with E-state index in [9.17, 15) is 14.4 Å². The predicted octanol–water partition coefficient (Wildman–Crippen LogP) is 0.0990. The lowest BCUT2D eigenvalue weighted by Crippen LogP contribution is -2.43. The van der Waals surface area contributed by atoms with Gasteiger partial charge in [0.05, 0.1) is 22.5 Å². The largest absolute Gasteiger partial charge is 0.379 e. The van der Waals surface area contributed by atoms with Crippen molar-refractivity contribution in [3.63, 3.8) is 0 Å². The molecule has 4 rings (SSSR count). The van der Waals surface area contributed by atoms with Gasteiger partial charge in [-0.3, -0.25) is 19.8 Å². The second-order valence-corrected chi connectivity index (χ2v) is 8.23. The van der Waals surface area contributed by atoms with E-state index in [1.54, 1.807) is 29.1 Å². The van der Waals surface area contributed by atoms with Gasteiger partial charge in [0.25, 0.3) is 17.7 Å². The number of fused-ring (bicyclic) bond motifs is 1. The number of carbonyl (C=O) groups excluding carboxylic acids is 3. The lowest BCUT2D eigenvalue weighted by molar-refractivity contribution is -0.684. The normalized spacial score (nSPS) is 14.9. The maximum Gasteiger partial charge on any atom is 0.286 e. The Morgan fingerprint density at radius 2 is 1.53 bits per heavy atom. The highest BCUT2D eigenvalue weighted by atomic mass is 32.2. The van der Waals surface area contributed by atoms with Crippen LogP contribution in [0.1, 0.15) is 11.1 Å². The smallest absolute Gasteiger partial charge is 0.286 e. The molecule has 9 nitrogen and oxygen atoms in total. The third kappa shape index (κ3) is 4.40. The summed E-state index contributed by atoms with van der Waals surface area (Å²) in [5.41, 5.74) is 8.31. The van der Waals surface area contributed by atoms with Crippen LogP contribution in [0.2, 0.25) is 0 Å². The van der Waals surface area contributed by atoms with E-state index in [2.05, 4.69) is 16.0 Å². The second kappa shape index (κ2) is 9.06. The number of nitrogens with zero attached hydrogens (tertiary/aromatic N) is 1. The van der Waals surface area contributed by atoms with E-state index >= 15 is 0 Å². The van der Waals surface area contributed by atoms with Crippen molar-refractivity contribution >= 4 is 46.0 Å². The highest BCUT2D eigenvalue weighted by Crippen LogP contribution is 2.36. The van der Waals surface area contributed by atoms with Crippen LogP contribution < -0.4 is 26.3 Å². The van der Waals surface area contributed by atoms with Crippen LogP contribution in [-0.2, 0) is 20.9 Å². The van der Waals surface area contributed by atoms with Gasteiger partial charge in [-0.1, -0.05) is 42.1 Å². The van der Waals surface area contributed by atoms with Crippen LogP contribution >= 0.6 is 11.8 Å². The molecular weight excluding hydrogens is 428 g/mol. The molecule has 2 aliphatic heterocycles. The Bertz CT molecular complexity index is 1170. The highest BCUT2D eigenvalue weighted by Gasteiger charge is 2.40. The van der Waals surface area contributed by atoms with Crippen molar-refractivity contribution in [2.45, 2.75) is 6.54 Å². The number of benzene rings is 1. The van der Waals surface area contributed by atoms with E-state index in [1.165, 1.54) is 11.8 Å². The van der Waals surface area contributed by atoms with E-state index in [1.807, 2.05) is 30.3 Å². The van der Waals surface area contributed by atoms with Crippen molar-refractivity contribution in [1.29, 1.82) is 5.41 Å². The Morgan fingerprint density at radius 1 is 0.969 bits per heavy atom. The molecule has 32 heavy (non-hydrogen) atoms. The molecule has 0 saturated heterocycles. The van der Waals surface area contributed by atoms with E-state index in [-0.39, 0.29) is 29.4 Å². The molecule has 0 saturated carbocycles. The number of thioether (sulfide) groups is 1. The van der Waals surface area contributed by atoms with E-state index in [0.29, 0.717) is 40.4 Å². The van der Waals surface area contributed by atoms with Gasteiger partial charge in [-0.15, -0.1) is 0 Å². The molecular formula is C22H21N6O3S+. The molecule has 6 N–H and O–H groups in total. The Hall–Kier alpha value is -3.92. The number of nitrogens with one attached hydrogen (secondary N) is 4. The summed E-state index contributed by atoms with van der Waals surface area (Å²) in [7, 11) is 0. The molecule has 0 spiro atoms. The molecule has 3 amide bonds. The van der Waals surface area contributed by atoms with Crippen molar-refractivity contribution in [2.75, 3.05) is 12.3 Å². The first kappa shape index (κ1) is 21.3. The van der Waals surface area contributed by atoms with Gasteiger partial charge in [-0.05, 0) is 5.56 Å². The Morgan fingerprint density at radius 3 is 2.09 bits per heavy atom. The molecule has 0 aliphatic carbocycles. The number of carbonyl (C=O) groups is 3. The van der Waals surface area contributed by atoms with E-state index < -0.39 is 0 Å². The predicted molar refractivity (Wildman–Crippen MR) is 121 cm³/mol. The van der Waals surface area contributed by atoms with E-state index in [0.717, 1.165) is 5.56 Å². The molecule has 1 aromatic heterocycles. The minimum Gasteiger partial charge on any atom is -0.379 e.